The lowest BCUT2D eigenvalue weighted by Gasteiger charge is -2.06. The summed E-state index contributed by atoms with van der Waals surface area (Å²) in [5.74, 6) is -1.22. The van der Waals surface area contributed by atoms with E-state index in [0.29, 0.717) is 0 Å². The zero-order chi connectivity index (χ0) is 12.3. The van der Waals surface area contributed by atoms with Crippen LogP contribution in [0.3, 0.4) is 0 Å². The summed E-state index contributed by atoms with van der Waals surface area (Å²) >= 11 is 1.63. The lowest BCUT2D eigenvalue weighted by Crippen LogP contribution is -2.08. The molecule has 0 fully saturated rings. The van der Waals surface area contributed by atoms with Crippen LogP contribution in [0.5, 0.6) is 0 Å². The molecule has 1 N–H and O–H groups in total. The maximum Gasteiger partial charge on any atom is 0.309 e. The van der Waals surface area contributed by atoms with E-state index < -0.39 is 24.5 Å². The molecule has 1 aromatic rings. The van der Waals surface area contributed by atoms with E-state index in [9.17, 15) is 13.6 Å². The molecule has 0 aliphatic heterocycles. The highest BCUT2D eigenvalue weighted by Crippen LogP contribution is 2.24. The summed E-state index contributed by atoms with van der Waals surface area (Å²) in [5, 5.41) is 17.3. The highest BCUT2D eigenvalue weighted by atomic mass is 127. The molecule has 1 heterocycles. The monoisotopic (exact) mass is 338 g/mol. The smallest absolute Gasteiger partial charge is 0.309 e. The van der Waals surface area contributed by atoms with Crippen molar-refractivity contribution in [3.8, 4) is 6.07 Å². The molecule has 0 saturated heterocycles. The second kappa shape index (κ2) is 5.16. The van der Waals surface area contributed by atoms with Crippen LogP contribution in [0.1, 0.15) is 23.4 Å². The van der Waals surface area contributed by atoms with E-state index in [1.165, 1.54) is 6.07 Å². The van der Waals surface area contributed by atoms with Gasteiger partial charge in [0.1, 0.15) is 11.8 Å². The van der Waals surface area contributed by atoms with Crippen LogP contribution in [-0.2, 0) is 11.2 Å². The van der Waals surface area contributed by atoms with Crippen molar-refractivity contribution in [1.29, 1.82) is 5.26 Å². The molecule has 0 atom stereocenters. The van der Waals surface area contributed by atoms with Crippen molar-refractivity contribution in [3.63, 3.8) is 0 Å². The first-order chi connectivity index (χ1) is 7.45. The van der Waals surface area contributed by atoms with Crippen LogP contribution in [0.2, 0.25) is 0 Å². The number of carboxylic acids is 1. The topological polar surface area (TPSA) is 74.0 Å². The molecule has 1 rings (SSSR count). The number of hydrogen-bond donors (Lipinski definition) is 1. The van der Waals surface area contributed by atoms with Gasteiger partial charge in [-0.05, 0) is 28.7 Å². The number of aliphatic carboxylic acids is 1. The average Bonchev–Trinajstić information content (AvgIpc) is 2.18. The molecule has 0 aliphatic carbocycles. The molecular weight excluding hydrogens is 333 g/mol. The summed E-state index contributed by atoms with van der Waals surface area (Å²) in [6, 6.07) is 2.95. The van der Waals surface area contributed by atoms with E-state index >= 15 is 0 Å². The first-order valence-electron chi connectivity index (χ1n) is 4.05. The molecule has 7 heteroatoms. The number of pyridine rings is 1. The number of nitriles is 1. The fraction of sp³-hybridized carbons (Fsp3) is 0.222. The highest BCUT2D eigenvalue weighted by molar-refractivity contribution is 14.1. The minimum Gasteiger partial charge on any atom is -0.481 e. The van der Waals surface area contributed by atoms with E-state index in [-0.39, 0.29) is 14.8 Å². The average molecular weight is 338 g/mol. The van der Waals surface area contributed by atoms with Crippen LogP contribution >= 0.6 is 22.6 Å². The lowest BCUT2D eigenvalue weighted by molar-refractivity contribution is -0.136. The number of nitrogens with zero attached hydrogens (tertiary/aromatic N) is 2. The quantitative estimate of drug-likeness (QED) is 0.857. The second-order valence-electron chi connectivity index (χ2n) is 2.83. The van der Waals surface area contributed by atoms with Gasteiger partial charge in [0.15, 0.2) is 0 Å². The molecule has 84 valence electrons. The van der Waals surface area contributed by atoms with E-state index in [4.69, 9.17) is 10.4 Å². The van der Waals surface area contributed by atoms with Crippen molar-refractivity contribution in [3.05, 3.63) is 26.6 Å². The van der Waals surface area contributed by atoms with Crippen LogP contribution in [0.4, 0.5) is 8.78 Å². The standard InChI is InChI=1S/C9H5F2IN2O2/c10-9(11)8-5(12)1-4(3-13)6(14-8)2-7(15)16/h1,9H,2H2,(H,15,16). The van der Waals surface area contributed by atoms with Crippen molar-refractivity contribution in [2.45, 2.75) is 12.8 Å². The molecule has 0 amide bonds. The minimum absolute atomic E-state index is 0.0104. The molecule has 0 unspecified atom stereocenters. The first kappa shape index (κ1) is 12.8. The van der Waals surface area contributed by atoms with Crippen LogP contribution in [0, 0.1) is 14.9 Å². The van der Waals surface area contributed by atoms with E-state index in [2.05, 4.69) is 4.98 Å². The molecule has 0 spiro atoms. The number of halogens is 3. The Morgan fingerprint density at radius 3 is 2.75 bits per heavy atom. The normalized spacial score (nSPS) is 10.2. The zero-order valence-corrected chi connectivity index (χ0v) is 9.90. The summed E-state index contributed by atoms with van der Waals surface area (Å²) in [6.07, 6.45) is -3.33. The second-order valence-corrected chi connectivity index (χ2v) is 3.99. The minimum atomic E-state index is -2.79. The van der Waals surface area contributed by atoms with Gasteiger partial charge in [0.05, 0.1) is 17.7 Å². The Labute approximate surface area is 103 Å². The third-order valence-electron chi connectivity index (χ3n) is 1.73. The largest absolute Gasteiger partial charge is 0.481 e. The van der Waals surface area contributed by atoms with Crippen LogP contribution < -0.4 is 0 Å². The first-order valence-corrected chi connectivity index (χ1v) is 5.13. The zero-order valence-electron chi connectivity index (χ0n) is 7.75. The SMILES string of the molecule is N#Cc1cc(I)c(C(F)F)nc1CC(=O)O. The fourth-order valence-electron chi connectivity index (χ4n) is 1.07. The Morgan fingerprint density at radius 2 is 2.31 bits per heavy atom. The number of rotatable bonds is 3. The molecule has 0 aromatic carbocycles. The van der Waals surface area contributed by atoms with Crippen LogP contribution in [0.15, 0.2) is 6.07 Å². The van der Waals surface area contributed by atoms with E-state index in [1.54, 1.807) is 28.7 Å². The predicted octanol–water partition coefficient (Wildman–Crippen LogP) is 2.12. The van der Waals surface area contributed by atoms with Gasteiger partial charge in [-0.2, -0.15) is 5.26 Å². The number of aromatic nitrogens is 1. The molecule has 16 heavy (non-hydrogen) atoms. The molecule has 1 aromatic heterocycles. The van der Waals surface area contributed by atoms with E-state index in [0.717, 1.165) is 0 Å². The van der Waals surface area contributed by atoms with Crippen molar-refractivity contribution in [2.75, 3.05) is 0 Å². The molecule has 0 saturated carbocycles. The van der Waals surface area contributed by atoms with Gasteiger partial charge < -0.3 is 5.11 Å². The van der Waals surface area contributed by atoms with Gasteiger partial charge in [0.25, 0.3) is 6.43 Å². The van der Waals surface area contributed by atoms with Gasteiger partial charge in [0.2, 0.25) is 0 Å². The number of carbonyl (C=O) groups is 1. The number of alkyl halides is 2. The van der Waals surface area contributed by atoms with Gasteiger partial charge in [-0.25, -0.2) is 13.8 Å². The van der Waals surface area contributed by atoms with E-state index in [1.807, 2.05) is 0 Å². The highest BCUT2D eigenvalue weighted by Gasteiger charge is 2.18. The van der Waals surface area contributed by atoms with Gasteiger partial charge in [-0.15, -0.1) is 0 Å². The maximum absolute atomic E-state index is 12.5. The summed E-state index contributed by atoms with van der Waals surface area (Å²) in [6.45, 7) is 0. The van der Waals surface area contributed by atoms with Gasteiger partial charge >= 0.3 is 5.97 Å². The Balaban J connectivity index is 3.30. The molecular formula is C9H5F2IN2O2. The van der Waals surface area contributed by atoms with Crippen LogP contribution in [-0.4, -0.2) is 16.1 Å². The predicted molar refractivity (Wildman–Crippen MR) is 58.0 cm³/mol. The van der Waals surface area contributed by atoms with Crippen LogP contribution in [0.25, 0.3) is 0 Å². The third kappa shape index (κ3) is 2.85. The van der Waals surface area contributed by atoms with Gasteiger partial charge in [-0.3, -0.25) is 4.79 Å². The lowest BCUT2D eigenvalue weighted by atomic mass is 10.1. The fourth-order valence-corrected chi connectivity index (χ4v) is 1.74. The van der Waals surface area contributed by atoms with Crippen molar-refractivity contribution in [1.82, 2.24) is 4.98 Å². The Bertz CT molecular complexity index is 471. The van der Waals surface area contributed by atoms with Crippen molar-refractivity contribution in [2.24, 2.45) is 0 Å². The Hall–Kier alpha value is -1.30. The summed E-state index contributed by atoms with van der Waals surface area (Å²) in [5.41, 5.74) is -0.613. The maximum atomic E-state index is 12.5. The van der Waals surface area contributed by atoms with Crippen molar-refractivity contribution < 1.29 is 18.7 Å². The Morgan fingerprint density at radius 1 is 1.69 bits per heavy atom. The van der Waals surface area contributed by atoms with Gasteiger partial charge in [-0.1, -0.05) is 0 Å². The summed E-state index contributed by atoms with van der Waals surface area (Å²) < 4.78 is 25.1. The summed E-state index contributed by atoms with van der Waals surface area (Å²) in [7, 11) is 0. The third-order valence-corrected chi connectivity index (χ3v) is 2.59. The van der Waals surface area contributed by atoms with Crippen molar-refractivity contribution >= 4 is 28.6 Å². The molecule has 0 aliphatic rings. The Kier molecular flexibility index (Phi) is 4.12. The molecule has 4 nitrogen and oxygen atoms in total. The molecule has 0 bridgehead atoms. The van der Waals surface area contributed by atoms with Gasteiger partial charge in [0, 0.05) is 3.57 Å². The number of hydrogen-bond acceptors (Lipinski definition) is 3. The summed E-state index contributed by atoms with van der Waals surface area (Å²) in [4.78, 5) is 14.0. The number of carboxylic acid groups (broad SMARTS) is 1. The molecule has 0 radical (unpaired) electrons.